The Bertz CT molecular complexity index is 682. The fourth-order valence-electron chi connectivity index (χ4n) is 2.29. The van der Waals surface area contributed by atoms with Gasteiger partial charge in [0.15, 0.2) is 0 Å². The maximum Gasteiger partial charge on any atom is 0.248 e. The molecule has 1 aromatic carbocycles. The van der Waals surface area contributed by atoms with Crippen molar-refractivity contribution in [3.63, 3.8) is 0 Å². The molecule has 0 fully saturated rings. The fourth-order valence-corrected chi connectivity index (χ4v) is 2.29. The van der Waals surface area contributed by atoms with Gasteiger partial charge in [-0.05, 0) is 34.4 Å². The molecule has 0 spiro atoms. The van der Waals surface area contributed by atoms with Gasteiger partial charge >= 0.3 is 0 Å². The van der Waals surface area contributed by atoms with Gasteiger partial charge in [-0.15, -0.1) is 0 Å². The summed E-state index contributed by atoms with van der Waals surface area (Å²) in [5.74, 6) is 0.0144. The van der Waals surface area contributed by atoms with E-state index < -0.39 is 0 Å². The van der Waals surface area contributed by atoms with Crippen LogP contribution in [0.1, 0.15) is 46.5 Å². The zero-order chi connectivity index (χ0) is 17.2. The molecule has 0 aliphatic rings. The Morgan fingerprint density at radius 3 is 2.57 bits per heavy atom. The predicted octanol–water partition coefficient (Wildman–Crippen LogP) is 3.45. The van der Waals surface area contributed by atoms with E-state index in [1.807, 2.05) is 36.4 Å². The standard InChI is InChI=1S/C21H29NO/c1-5-7-8-13-20(21(22)23)19(14-16(3)6-2)15-18-12-10-9-11-17(18)4/h9-16H,4-8H2,1-3H3,(H2,22,23)/b18-15-,19-14?,20-13+/t16-/m1/s1. The average Bonchev–Trinajstić information content (AvgIpc) is 2.52. The third kappa shape index (κ3) is 6.27. The first-order valence-corrected chi connectivity index (χ1v) is 8.47. The second kappa shape index (κ2) is 9.83. The Hall–Kier alpha value is -2.09. The molecule has 0 bridgehead atoms. The van der Waals surface area contributed by atoms with E-state index in [2.05, 4.69) is 33.4 Å². The molecule has 0 radical (unpaired) electrons. The van der Waals surface area contributed by atoms with Gasteiger partial charge in [-0.1, -0.05) is 83.0 Å². The van der Waals surface area contributed by atoms with Gasteiger partial charge in [-0.25, -0.2) is 0 Å². The molecule has 0 aliphatic heterocycles. The first-order chi connectivity index (χ1) is 11.0. The summed E-state index contributed by atoms with van der Waals surface area (Å²) >= 11 is 0. The van der Waals surface area contributed by atoms with Crippen molar-refractivity contribution in [3.05, 3.63) is 58.0 Å². The van der Waals surface area contributed by atoms with Crippen LogP contribution in [0.15, 0.2) is 47.6 Å². The lowest BCUT2D eigenvalue weighted by atomic mass is 9.96. The van der Waals surface area contributed by atoms with E-state index in [0.29, 0.717) is 11.5 Å². The zero-order valence-corrected chi connectivity index (χ0v) is 14.6. The summed E-state index contributed by atoms with van der Waals surface area (Å²) < 4.78 is 0. The molecular weight excluding hydrogens is 282 g/mol. The molecule has 2 heteroatoms. The average molecular weight is 311 g/mol. The summed E-state index contributed by atoms with van der Waals surface area (Å²) in [5.41, 5.74) is 7.16. The number of hydrogen-bond donors (Lipinski definition) is 1. The SMILES string of the molecule is C=c1cccc/c1=C/C(=C[C@H](C)CC)/C(=C\CCCC)C(N)=O. The van der Waals surface area contributed by atoms with E-state index in [9.17, 15) is 4.79 Å². The molecule has 0 unspecified atom stereocenters. The Balaban J connectivity index is 3.40. The van der Waals surface area contributed by atoms with Crippen LogP contribution in [0.25, 0.3) is 12.7 Å². The molecule has 2 N–H and O–H groups in total. The van der Waals surface area contributed by atoms with E-state index >= 15 is 0 Å². The second-order valence-electron chi connectivity index (χ2n) is 5.97. The second-order valence-corrected chi connectivity index (χ2v) is 5.97. The number of nitrogens with two attached hydrogens (primary N) is 1. The number of hydrogen-bond acceptors (Lipinski definition) is 1. The van der Waals surface area contributed by atoms with Crippen molar-refractivity contribution in [2.45, 2.75) is 46.5 Å². The highest BCUT2D eigenvalue weighted by Crippen LogP contribution is 2.18. The third-order valence-electron chi connectivity index (χ3n) is 3.96. The molecule has 1 amide bonds. The van der Waals surface area contributed by atoms with Crippen molar-refractivity contribution in [2.75, 3.05) is 0 Å². The number of carbonyl (C=O) groups is 1. The highest BCUT2D eigenvalue weighted by atomic mass is 16.1. The van der Waals surface area contributed by atoms with Crippen LogP contribution in [-0.4, -0.2) is 5.91 Å². The van der Waals surface area contributed by atoms with Gasteiger partial charge in [0.2, 0.25) is 5.91 Å². The van der Waals surface area contributed by atoms with Crippen LogP contribution >= 0.6 is 0 Å². The van der Waals surface area contributed by atoms with Crippen molar-refractivity contribution in [2.24, 2.45) is 11.7 Å². The Morgan fingerprint density at radius 2 is 2.00 bits per heavy atom. The number of allylic oxidation sites excluding steroid dienone is 2. The zero-order valence-electron chi connectivity index (χ0n) is 14.6. The maximum atomic E-state index is 12.0. The molecule has 0 aromatic heterocycles. The van der Waals surface area contributed by atoms with Gasteiger partial charge in [0, 0.05) is 5.57 Å². The first kappa shape index (κ1) is 19.0. The minimum atomic E-state index is -0.367. The van der Waals surface area contributed by atoms with Crippen molar-refractivity contribution in [1.82, 2.24) is 0 Å². The Morgan fingerprint density at radius 1 is 1.30 bits per heavy atom. The first-order valence-electron chi connectivity index (χ1n) is 8.47. The highest BCUT2D eigenvalue weighted by Gasteiger charge is 2.10. The molecule has 0 saturated heterocycles. The van der Waals surface area contributed by atoms with Gasteiger partial charge in [-0.2, -0.15) is 0 Å². The van der Waals surface area contributed by atoms with E-state index in [1.165, 1.54) is 0 Å². The van der Waals surface area contributed by atoms with Crippen LogP contribution in [0.4, 0.5) is 0 Å². The molecular formula is C21H29NO. The minimum Gasteiger partial charge on any atom is -0.366 e. The van der Waals surface area contributed by atoms with Crippen LogP contribution in [0.2, 0.25) is 0 Å². The van der Waals surface area contributed by atoms with Crippen LogP contribution in [-0.2, 0) is 4.79 Å². The van der Waals surface area contributed by atoms with E-state index in [1.54, 1.807) is 0 Å². The molecule has 23 heavy (non-hydrogen) atoms. The van der Waals surface area contributed by atoms with E-state index in [0.717, 1.165) is 41.7 Å². The molecule has 0 heterocycles. The Labute approximate surface area is 140 Å². The van der Waals surface area contributed by atoms with Gasteiger partial charge in [0.1, 0.15) is 0 Å². The van der Waals surface area contributed by atoms with Crippen LogP contribution in [0.3, 0.4) is 0 Å². The fraction of sp³-hybridized carbons (Fsp3) is 0.381. The number of rotatable bonds is 8. The molecule has 1 atom stereocenters. The largest absolute Gasteiger partial charge is 0.366 e. The maximum absolute atomic E-state index is 12.0. The lowest BCUT2D eigenvalue weighted by molar-refractivity contribution is -0.114. The smallest absolute Gasteiger partial charge is 0.248 e. The lowest BCUT2D eigenvalue weighted by Crippen LogP contribution is -2.23. The summed E-state index contributed by atoms with van der Waals surface area (Å²) in [6.45, 7) is 10.5. The molecule has 1 aromatic rings. The van der Waals surface area contributed by atoms with Crippen molar-refractivity contribution < 1.29 is 4.79 Å². The predicted molar refractivity (Wildman–Crippen MR) is 100 cm³/mol. The van der Waals surface area contributed by atoms with Crippen LogP contribution in [0, 0.1) is 5.92 Å². The molecule has 0 saturated carbocycles. The van der Waals surface area contributed by atoms with Crippen molar-refractivity contribution in [3.8, 4) is 0 Å². The summed E-state index contributed by atoms with van der Waals surface area (Å²) in [4.78, 5) is 12.0. The molecule has 124 valence electrons. The van der Waals surface area contributed by atoms with Crippen LogP contribution in [0.5, 0.6) is 0 Å². The van der Waals surface area contributed by atoms with Crippen LogP contribution < -0.4 is 16.2 Å². The van der Waals surface area contributed by atoms with Gasteiger partial charge in [0.25, 0.3) is 0 Å². The normalized spacial score (nSPS) is 14.8. The van der Waals surface area contributed by atoms with Gasteiger partial charge in [-0.3, -0.25) is 4.79 Å². The topological polar surface area (TPSA) is 43.1 Å². The quantitative estimate of drug-likeness (QED) is 0.446. The van der Waals surface area contributed by atoms with Crippen molar-refractivity contribution in [1.29, 1.82) is 0 Å². The number of amides is 1. The molecule has 2 nitrogen and oxygen atoms in total. The van der Waals surface area contributed by atoms with E-state index in [4.69, 9.17) is 5.73 Å². The third-order valence-corrected chi connectivity index (χ3v) is 3.96. The molecule has 1 rings (SSSR count). The Kier molecular flexibility index (Phi) is 8.10. The number of benzene rings is 1. The number of primary amides is 1. The summed E-state index contributed by atoms with van der Waals surface area (Å²) in [6.07, 6.45) is 10.2. The molecule has 0 aliphatic carbocycles. The minimum absolute atomic E-state index is 0.367. The number of carbonyl (C=O) groups excluding carboxylic acids is 1. The summed E-state index contributed by atoms with van der Waals surface area (Å²) in [5, 5.41) is 1.96. The summed E-state index contributed by atoms with van der Waals surface area (Å²) in [7, 11) is 0. The van der Waals surface area contributed by atoms with E-state index in [-0.39, 0.29) is 5.91 Å². The van der Waals surface area contributed by atoms with Gasteiger partial charge in [0.05, 0.1) is 0 Å². The summed E-state index contributed by atoms with van der Waals surface area (Å²) in [6, 6.07) is 7.92. The monoisotopic (exact) mass is 311 g/mol. The van der Waals surface area contributed by atoms with Crippen molar-refractivity contribution >= 4 is 18.6 Å². The highest BCUT2D eigenvalue weighted by molar-refractivity contribution is 5.99. The van der Waals surface area contributed by atoms with Gasteiger partial charge < -0.3 is 5.73 Å². The number of unbranched alkanes of at least 4 members (excludes halogenated alkanes) is 2. The lowest BCUT2D eigenvalue weighted by Gasteiger charge is -2.09.